The molecule has 1 unspecified atom stereocenters. The van der Waals surface area contributed by atoms with Gasteiger partial charge in [0.1, 0.15) is 18.4 Å². The van der Waals surface area contributed by atoms with Gasteiger partial charge in [-0.15, -0.1) is 0 Å². The molecule has 0 heterocycles. The van der Waals surface area contributed by atoms with E-state index < -0.39 is 11.9 Å². The number of benzene rings is 4. The first-order chi connectivity index (χ1) is 18.3. The van der Waals surface area contributed by atoms with Gasteiger partial charge in [0, 0.05) is 20.6 Å². The van der Waals surface area contributed by atoms with Gasteiger partial charge in [0.15, 0.2) is 0 Å². The molecule has 0 saturated heterocycles. The van der Waals surface area contributed by atoms with Crippen molar-refractivity contribution in [2.75, 3.05) is 0 Å². The number of fused-ring (bicyclic) bond motifs is 1. The lowest BCUT2D eigenvalue weighted by molar-refractivity contribution is -0.123. The van der Waals surface area contributed by atoms with E-state index >= 15 is 0 Å². The van der Waals surface area contributed by atoms with Gasteiger partial charge < -0.3 is 10.1 Å². The topological polar surface area (TPSA) is 79.8 Å². The minimum atomic E-state index is -0.792. The van der Waals surface area contributed by atoms with Crippen molar-refractivity contribution in [3.05, 3.63) is 111 Å². The zero-order valence-corrected chi connectivity index (χ0v) is 23.3. The van der Waals surface area contributed by atoms with Gasteiger partial charge in [-0.1, -0.05) is 89.9 Å². The van der Waals surface area contributed by atoms with E-state index in [0.717, 1.165) is 26.4 Å². The number of amides is 2. The Kier molecular flexibility index (Phi) is 9.15. The summed E-state index contributed by atoms with van der Waals surface area (Å²) in [5.41, 5.74) is 4.72. The van der Waals surface area contributed by atoms with Crippen LogP contribution < -0.4 is 15.5 Å². The maximum atomic E-state index is 13.0. The van der Waals surface area contributed by atoms with Crippen molar-refractivity contribution in [1.82, 2.24) is 10.7 Å². The maximum absolute atomic E-state index is 13.0. The fraction of sp³-hybridized carbons (Fsp3) is 0.167. The highest BCUT2D eigenvalue weighted by Crippen LogP contribution is 2.27. The number of halogens is 2. The largest absolute Gasteiger partial charge is 0.488 e. The summed E-state index contributed by atoms with van der Waals surface area (Å²) in [6.45, 7) is 4.08. The molecule has 0 aliphatic heterocycles. The fourth-order valence-corrected chi connectivity index (χ4v) is 4.35. The van der Waals surface area contributed by atoms with Crippen molar-refractivity contribution in [2.45, 2.75) is 26.5 Å². The van der Waals surface area contributed by atoms with Crippen LogP contribution in [-0.4, -0.2) is 24.1 Å². The first-order valence-electron chi connectivity index (χ1n) is 12.1. The summed E-state index contributed by atoms with van der Waals surface area (Å²) in [5.74, 6) is -0.345. The third kappa shape index (κ3) is 7.00. The van der Waals surface area contributed by atoms with E-state index in [1.165, 1.54) is 0 Å². The summed E-state index contributed by atoms with van der Waals surface area (Å²) >= 11 is 9.45. The lowest BCUT2D eigenvalue weighted by Gasteiger charge is -2.20. The van der Waals surface area contributed by atoms with Gasteiger partial charge >= 0.3 is 0 Å². The van der Waals surface area contributed by atoms with Gasteiger partial charge in [-0.2, -0.15) is 5.10 Å². The number of hydrogen-bond acceptors (Lipinski definition) is 4. The van der Waals surface area contributed by atoms with E-state index in [1.54, 1.807) is 30.5 Å². The molecule has 0 aromatic heterocycles. The number of ether oxygens (including phenoxy) is 1. The lowest BCUT2D eigenvalue weighted by Crippen LogP contribution is -2.48. The molecule has 2 N–H and O–H groups in total. The molecule has 6 nitrogen and oxygen atoms in total. The van der Waals surface area contributed by atoms with Gasteiger partial charge in [0.2, 0.25) is 0 Å². The van der Waals surface area contributed by atoms with E-state index in [1.807, 2.05) is 74.5 Å². The van der Waals surface area contributed by atoms with Crippen LogP contribution >= 0.6 is 27.5 Å². The summed E-state index contributed by atoms with van der Waals surface area (Å²) in [6, 6.07) is 25.5. The molecule has 38 heavy (non-hydrogen) atoms. The highest BCUT2D eigenvalue weighted by molar-refractivity contribution is 9.10. The highest BCUT2D eigenvalue weighted by atomic mass is 79.9. The van der Waals surface area contributed by atoms with Crippen molar-refractivity contribution in [3.8, 4) is 5.75 Å². The standard InChI is InChI=1S/C30H27BrClN3O3/c1-19(2)28(34-29(36)22-7-5-8-24(32)16-22)30(37)35-33-17-26-25-9-4-3-6-21(25)12-15-27(26)38-18-20-10-13-23(31)14-11-20/h3-17,19,28H,18H2,1-2H3,(H,34,36)(H,35,37). The summed E-state index contributed by atoms with van der Waals surface area (Å²) in [6.07, 6.45) is 1.58. The normalized spacial score (nSPS) is 12.0. The second kappa shape index (κ2) is 12.7. The number of nitrogens with zero attached hydrogens (tertiary/aromatic N) is 1. The van der Waals surface area contributed by atoms with Crippen LogP contribution in [0.1, 0.15) is 35.3 Å². The molecular formula is C30H27BrClN3O3. The SMILES string of the molecule is CC(C)C(NC(=O)c1cccc(Cl)c1)C(=O)NN=Cc1c(OCc2ccc(Br)cc2)ccc2ccccc12. The minimum Gasteiger partial charge on any atom is -0.488 e. The molecule has 2 amide bonds. The molecule has 1 atom stereocenters. The Bertz CT molecular complexity index is 1470. The van der Waals surface area contributed by atoms with Crippen molar-refractivity contribution < 1.29 is 14.3 Å². The predicted octanol–water partition coefficient (Wildman–Crippen LogP) is 6.74. The number of nitrogens with one attached hydrogen (secondary N) is 2. The minimum absolute atomic E-state index is 0.171. The Morgan fingerprint density at radius 3 is 2.50 bits per heavy atom. The Morgan fingerprint density at radius 2 is 1.76 bits per heavy atom. The fourth-order valence-electron chi connectivity index (χ4n) is 3.90. The second-order valence-corrected chi connectivity index (χ2v) is 10.4. The van der Waals surface area contributed by atoms with Crippen LogP contribution in [0.15, 0.2) is 94.5 Å². The monoisotopic (exact) mass is 591 g/mol. The molecule has 0 saturated carbocycles. The number of hydrogen-bond donors (Lipinski definition) is 2. The second-order valence-electron chi connectivity index (χ2n) is 9.05. The highest BCUT2D eigenvalue weighted by Gasteiger charge is 2.24. The van der Waals surface area contributed by atoms with E-state index in [0.29, 0.717) is 22.9 Å². The Balaban J connectivity index is 1.51. The molecule has 194 valence electrons. The average Bonchev–Trinajstić information content (AvgIpc) is 2.91. The van der Waals surface area contributed by atoms with Gasteiger partial charge in [0.05, 0.1) is 6.21 Å². The van der Waals surface area contributed by atoms with Crippen molar-refractivity contribution >= 4 is 56.3 Å². The van der Waals surface area contributed by atoms with E-state index in [-0.39, 0.29) is 11.8 Å². The molecule has 4 rings (SSSR count). The molecule has 0 bridgehead atoms. The van der Waals surface area contributed by atoms with Crippen LogP contribution in [0.4, 0.5) is 0 Å². The maximum Gasteiger partial charge on any atom is 0.262 e. The molecule has 4 aromatic carbocycles. The lowest BCUT2D eigenvalue weighted by atomic mass is 10.0. The van der Waals surface area contributed by atoms with Gasteiger partial charge in [-0.05, 0) is 58.7 Å². The Morgan fingerprint density at radius 1 is 1.00 bits per heavy atom. The smallest absolute Gasteiger partial charge is 0.262 e. The Labute approximate surface area is 235 Å². The average molecular weight is 593 g/mol. The van der Waals surface area contributed by atoms with Crippen molar-refractivity contribution in [2.24, 2.45) is 11.0 Å². The first-order valence-corrected chi connectivity index (χ1v) is 13.3. The molecule has 0 aliphatic carbocycles. The predicted molar refractivity (Wildman–Crippen MR) is 156 cm³/mol. The molecular weight excluding hydrogens is 566 g/mol. The van der Waals surface area contributed by atoms with Crippen molar-refractivity contribution in [3.63, 3.8) is 0 Å². The molecule has 0 aliphatic rings. The third-order valence-electron chi connectivity index (χ3n) is 5.93. The third-order valence-corrected chi connectivity index (χ3v) is 6.69. The van der Waals surface area contributed by atoms with Gasteiger partial charge in [0.25, 0.3) is 11.8 Å². The van der Waals surface area contributed by atoms with Crippen LogP contribution in [0.3, 0.4) is 0 Å². The summed E-state index contributed by atoms with van der Waals surface area (Å²) < 4.78 is 7.14. The Hall–Kier alpha value is -3.68. The van der Waals surface area contributed by atoms with Gasteiger partial charge in [-0.25, -0.2) is 5.43 Å². The van der Waals surface area contributed by atoms with Crippen molar-refractivity contribution in [1.29, 1.82) is 0 Å². The zero-order valence-electron chi connectivity index (χ0n) is 20.9. The summed E-state index contributed by atoms with van der Waals surface area (Å²) in [7, 11) is 0. The van der Waals surface area contributed by atoms with E-state index in [2.05, 4.69) is 31.8 Å². The molecule has 0 radical (unpaired) electrons. The molecule has 0 spiro atoms. The molecule has 4 aromatic rings. The number of hydrazone groups is 1. The summed E-state index contributed by atoms with van der Waals surface area (Å²) in [4.78, 5) is 25.7. The van der Waals surface area contributed by atoms with E-state index in [4.69, 9.17) is 16.3 Å². The first kappa shape index (κ1) is 27.4. The quantitative estimate of drug-likeness (QED) is 0.167. The number of rotatable bonds is 9. The van der Waals surface area contributed by atoms with Crippen LogP contribution in [-0.2, 0) is 11.4 Å². The van der Waals surface area contributed by atoms with Crippen LogP contribution in [0.25, 0.3) is 10.8 Å². The number of carbonyl (C=O) groups excluding carboxylic acids is 2. The van der Waals surface area contributed by atoms with Gasteiger partial charge in [-0.3, -0.25) is 9.59 Å². The molecule has 0 fully saturated rings. The molecule has 8 heteroatoms. The summed E-state index contributed by atoms with van der Waals surface area (Å²) in [5, 5.41) is 9.42. The zero-order chi connectivity index (χ0) is 27.1. The van der Waals surface area contributed by atoms with Crippen LogP contribution in [0, 0.1) is 5.92 Å². The van der Waals surface area contributed by atoms with E-state index in [9.17, 15) is 9.59 Å². The number of carbonyl (C=O) groups is 2. The van der Waals surface area contributed by atoms with Crippen LogP contribution in [0.2, 0.25) is 5.02 Å². The van der Waals surface area contributed by atoms with Crippen LogP contribution in [0.5, 0.6) is 5.75 Å².